The van der Waals surface area contributed by atoms with Crippen LogP contribution in [0.25, 0.3) is 10.9 Å². The Morgan fingerprint density at radius 3 is 2.97 bits per heavy atom. The number of thiazole rings is 1. The maximum atomic E-state index is 13.3. The Morgan fingerprint density at radius 2 is 2.12 bits per heavy atom. The maximum absolute atomic E-state index is 13.3. The molecular weight excluding hydrogens is 440 g/mol. The summed E-state index contributed by atoms with van der Waals surface area (Å²) in [7, 11) is 2.11. The van der Waals surface area contributed by atoms with Gasteiger partial charge in [0.25, 0.3) is 0 Å². The lowest BCUT2D eigenvalue weighted by Crippen LogP contribution is -2.32. The Morgan fingerprint density at radius 1 is 1.26 bits per heavy atom. The molecule has 0 radical (unpaired) electrons. The minimum Gasteiger partial charge on any atom is -0.350 e. The van der Waals surface area contributed by atoms with E-state index in [2.05, 4.69) is 70.8 Å². The van der Waals surface area contributed by atoms with E-state index in [1.807, 2.05) is 0 Å². The highest BCUT2D eigenvalue weighted by atomic mass is 32.1. The fourth-order valence-corrected chi connectivity index (χ4v) is 6.28. The highest BCUT2D eigenvalue weighted by Crippen LogP contribution is 2.32. The molecule has 0 bridgehead atoms. The van der Waals surface area contributed by atoms with Crippen LogP contribution in [0.1, 0.15) is 61.2 Å². The van der Waals surface area contributed by atoms with Crippen LogP contribution in [0.2, 0.25) is 0 Å². The zero-order chi connectivity index (χ0) is 23.7. The first-order valence-corrected chi connectivity index (χ1v) is 13.3. The summed E-state index contributed by atoms with van der Waals surface area (Å²) in [5.74, 6) is 0.587. The van der Waals surface area contributed by atoms with Crippen molar-refractivity contribution >= 4 is 38.9 Å². The zero-order valence-corrected chi connectivity index (χ0v) is 21.3. The summed E-state index contributed by atoms with van der Waals surface area (Å²) >= 11 is 1.56. The maximum Gasteiger partial charge on any atom is 0.186 e. The van der Waals surface area contributed by atoms with E-state index in [0.717, 1.165) is 61.7 Å². The molecule has 0 N–H and O–H groups in total. The van der Waals surface area contributed by atoms with Crippen LogP contribution < -0.4 is 4.90 Å². The van der Waals surface area contributed by atoms with Crippen LogP contribution in [0.5, 0.6) is 0 Å². The number of carbonyl (C=O) groups is 1. The number of ketones is 1. The first-order valence-electron chi connectivity index (χ1n) is 12.5. The van der Waals surface area contributed by atoms with E-state index in [0.29, 0.717) is 12.3 Å². The third kappa shape index (κ3) is 4.61. The standard InChI is InChI=1S/C28H34N4OS/c1-4-5-8-20(13-22-17-31(3)25-10-7-6-9-23(22)25)14-26(33)27-16-30-28(34-27)32-12-11-21-15-29-19(2)24(21)18-32/h6-7,9-10,16-17,20H,4-5,8,11-15,18H2,1-3H3. The van der Waals surface area contributed by atoms with Gasteiger partial charge in [0, 0.05) is 49.4 Å². The number of aryl methyl sites for hydroxylation is 1. The summed E-state index contributed by atoms with van der Waals surface area (Å²) in [6.07, 6.45) is 10.0. The SMILES string of the molecule is CCCCC(CC(=O)c1cnc(N2CCC3=C(C2)C(C)=NC3)s1)Cc1cn(C)c2ccccc12. The van der Waals surface area contributed by atoms with Gasteiger partial charge in [-0.1, -0.05) is 49.3 Å². The molecule has 3 aromatic rings. The molecular formula is C28H34N4OS. The molecule has 0 amide bonds. The average Bonchev–Trinajstić information content (AvgIpc) is 3.56. The number of hydrogen-bond donors (Lipinski definition) is 0. The van der Waals surface area contributed by atoms with Gasteiger partial charge < -0.3 is 9.47 Å². The number of carbonyl (C=O) groups excluding carboxylic acids is 1. The van der Waals surface area contributed by atoms with Crippen LogP contribution in [0.3, 0.4) is 0 Å². The molecule has 5 nitrogen and oxygen atoms in total. The lowest BCUT2D eigenvalue weighted by Gasteiger charge is -2.28. The Balaban J connectivity index is 1.28. The van der Waals surface area contributed by atoms with Crippen LogP contribution in [0.15, 0.2) is 52.8 Å². The van der Waals surface area contributed by atoms with E-state index in [4.69, 9.17) is 0 Å². The smallest absolute Gasteiger partial charge is 0.186 e. The van der Waals surface area contributed by atoms with Crippen LogP contribution in [-0.4, -0.2) is 40.7 Å². The second-order valence-corrected chi connectivity index (χ2v) is 10.8. The van der Waals surface area contributed by atoms with Crippen molar-refractivity contribution in [2.24, 2.45) is 18.0 Å². The Kier molecular flexibility index (Phi) is 6.68. The first kappa shape index (κ1) is 23.0. The molecule has 0 saturated carbocycles. The summed E-state index contributed by atoms with van der Waals surface area (Å²) in [6.45, 7) is 7.03. The predicted octanol–water partition coefficient (Wildman–Crippen LogP) is 6.24. The molecule has 2 aromatic heterocycles. The van der Waals surface area contributed by atoms with Gasteiger partial charge in [0.15, 0.2) is 10.9 Å². The van der Waals surface area contributed by atoms with Crippen molar-refractivity contribution in [3.63, 3.8) is 0 Å². The molecule has 4 heterocycles. The number of para-hydroxylation sites is 1. The molecule has 0 spiro atoms. The number of fused-ring (bicyclic) bond motifs is 1. The molecule has 178 valence electrons. The lowest BCUT2D eigenvalue weighted by molar-refractivity contribution is 0.0962. The van der Waals surface area contributed by atoms with Crippen molar-refractivity contribution in [1.29, 1.82) is 0 Å². The number of Topliss-reactive ketones (excluding diaryl/α,β-unsaturated/α-hetero) is 1. The van der Waals surface area contributed by atoms with Crippen LogP contribution in [-0.2, 0) is 13.5 Å². The average molecular weight is 475 g/mol. The molecule has 1 atom stereocenters. The zero-order valence-electron chi connectivity index (χ0n) is 20.5. The molecule has 34 heavy (non-hydrogen) atoms. The van der Waals surface area contributed by atoms with Gasteiger partial charge in [-0.3, -0.25) is 9.79 Å². The Bertz CT molecular complexity index is 1260. The van der Waals surface area contributed by atoms with Gasteiger partial charge in [0.2, 0.25) is 0 Å². The fraction of sp³-hybridized carbons (Fsp3) is 0.464. The number of benzene rings is 1. The van der Waals surface area contributed by atoms with E-state index < -0.39 is 0 Å². The molecule has 6 heteroatoms. The van der Waals surface area contributed by atoms with Gasteiger partial charge in [-0.15, -0.1) is 0 Å². The van der Waals surface area contributed by atoms with Crippen molar-refractivity contribution in [1.82, 2.24) is 9.55 Å². The second-order valence-electron chi connectivity index (χ2n) is 9.78. The topological polar surface area (TPSA) is 50.5 Å². The van der Waals surface area contributed by atoms with E-state index in [-0.39, 0.29) is 5.78 Å². The quantitative estimate of drug-likeness (QED) is 0.345. The molecule has 0 fully saturated rings. The van der Waals surface area contributed by atoms with Gasteiger partial charge in [0.05, 0.1) is 17.6 Å². The minimum atomic E-state index is 0.237. The van der Waals surface area contributed by atoms with Gasteiger partial charge in [-0.2, -0.15) is 0 Å². The number of anilines is 1. The first-order chi connectivity index (χ1) is 16.5. The number of unbranched alkanes of at least 4 members (excludes halogenated alkanes) is 1. The lowest BCUT2D eigenvalue weighted by atomic mass is 9.89. The third-order valence-corrected chi connectivity index (χ3v) is 8.47. The number of aromatic nitrogens is 2. The molecule has 2 aliphatic heterocycles. The summed E-state index contributed by atoms with van der Waals surface area (Å²) in [6, 6.07) is 8.57. The summed E-state index contributed by atoms with van der Waals surface area (Å²) in [5.41, 5.74) is 6.63. The largest absolute Gasteiger partial charge is 0.350 e. The van der Waals surface area contributed by atoms with Gasteiger partial charge >= 0.3 is 0 Å². The van der Waals surface area contributed by atoms with Gasteiger partial charge in [0.1, 0.15) is 0 Å². The van der Waals surface area contributed by atoms with Crippen molar-refractivity contribution in [2.45, 2.75) is 52.4 Å². The highest BCUT2D eigenvalue weighted by molar-refractivity contribution is 7.17. The number of rotatable bonds is 9. The van der Waals surface area contributed by atoms with Crippen molar-refractivity contribution in [2.75, 3.05) is 24.5 Å². The number of aliphatic imine (C=N–C) groups is 1. The highest BCUT2D eigenvalue weighted by Gasteiger charge is 2.26. The normalized spacial score (nSPS) is 16.8. The van der Waals surface area contributed by atoms with Crippen LogP contribution in [0.4, 0.5) is 5.13 Å². The summed E-state index contributed by atoms with van der Waals surface area (Å²) in [4.78, 5) is 25.7. The molecule has 2 aliphatic rings. The summed E-state index contributed by atoms with van der Waals surface area (Å²) in [5, 5.41) is 2.28. The summed E-state index contributed by atoms with van der Waals surface area (Å²) < 4.78 is 2.20. The van der Waals surface area contributed by atoms with Crippen molar-refractivity contribution in [3.8, 4) is 0 Å². The predicted molar refractivity (Wildman–Crippen MR) is 143 cm³/mol. The van der Waals surface area contributed by atoms with E-state index in [9.17, 15) is 4.79 Å². The van der Waals surface area contributed by atoms with Crippen LogP contribution in [0, 0.1) is 5.92 Å². The van der Waals surface area contributed by atoms with Crippen molar-refractivity contribution < 1.29 is 4.79 Å². The molecule has 5 rings (SSSR count). The second kappa shape index (κ2) is 9.87. The van der Waals surface area contributed by atoms with E-state index in [1.165, 1.54) is 33.3 Å². The van der Waals surface area contributed by atoms with Gasteiger partial charge in [-0.05, 0) is 54.9 Å². The fourth-order valence-electron chi connectivity index (χ4n) is 5.39. The molecule has 1 aromatic carbocycles. The van der Waals surface area contributed by atoms with Crippen molar-refractivity contribution in [3.05, 3.63) is 58.2 Å². The Labute approximate surface area is 206 Å². The Hall–Kier alpha value is -2.73. The van der Waals surface area contributed by atoms with E-state index in [1.54, 1.807) is 17.5 Å². The molecule has 0 saturated heterocycles. The number of hydrogen-bond acceptors (Lipinski definition) is 5. The monoisotopic (exact) mass is 474 g/mol. The van der Waals surface area contributed by atoms with Crippen LogP contribution >= 0.6 is 11.3 Å². The van der Waals surface area contributed by atoms with E-state index >= 15 is 0 Å². The number of nitrogens with zero attached hydrogens (tertiary/aromatic N) is 4. The third-order valence-electron chi connectivity index (χ3n) is 7.37. The molecule has 0 aliphatic carbocycles. The minimum absolute atomic E-state index is 0.237. The molecule has 1 unspecified atom stereocenters. The van der Waals surface area contributed by atoms with Gasteiger partial charge in [-0.25, -0.2) is 4.98 Å².